The number of alkyl halides is 3. The second-order valence-corrected chi connectivity index (χ2v) is 6.45. The van der Waals surface area contributed by atoms with E-state index in [1.165, 1.54) is 11.7 Å². The highest BCUT2D eigenvalue weighted by atomic mass is 79.9. The first-order chi connectivity index (χ1) is 13.1. The molecule has 1 aliphatic rings. The monoisotopic (exact) mass is 469 g/mol. The normalized spacial score (nSPS) is 15.9. The van der Waals surface area contributed by atoms with Crippen LogP contribution >= 0.6 is 15.9 Å². The Morgan fingerprint density at radius 1 is 1.32 bits per heavy atom. The van der Waals surface area contributed by atoms with E-state index in [0.29, 0.717) is 10.0 Å². The lowest BCUT2D eigenvalue weighted by Crippen LogP contribution is -2.41. The maximum Gasteiger partial charge on any atom is 0.430 e. The molecule has 1 aromatic rings. The molecule has 0 spiro atoms. The van der Waals surface area contributed by atoms with E-state index in [2.05, 4.69) is 30.2 Å². The molecule has 1 atom stereocenters. The van der Waals surface area contributed by atoms with Crippen LogP contribution in [0.25, 0.3) is 6.08 Å². The van der Waals surface area contributed by atoms with Crippen molar-refractivity contribution >= 4 is 33.9 Å². The Kier molecular flexibility index (Phi) is 7.41. The standard InChI is InChI=1S/C16H15BrF3NO7/c1-8-4-10(17)5-9-6-11(14(16(18,19)20)28-13(8)9)15(23)26-7-25-12(22)2-3-27-21-24/h4-6,14,21,24H,2-3,7H2,1H3. The van der Waals surface area contributed by atoms with Crippen LogP contribution < -0.4 is 10.4 Å². The van der Waals surface area contributed by atoms with Gasteiger partial charge in [-0.3, -0.25) is 14.8 Å². The van der Waals surface area contributed by atoms with E-state index in [0.717, 1.165) is 6.08 Å². The largest absolute Gasteiger partial charge is 0.475 e. The molecular formula is C16H15BrF3NO7. The van der Waals surface area contributed by atoms with Gasteiger partial charge in [-0.1, -0.05) is 21.6 Å². The van der Waals surface area contributed by atoms with Crippen LogP contribution in [0, 0.1) is 6.92 Å². The fraction of sp³-hybridized carbons (Fsp3) is 0.375. The molecule has 0 radical (unpaired) electrons. The summed E-state index contributed by atoms with van der Waals surface area (Å²) in [5.41, 5.74) is 1.30. The summed E-state index contributed by atoms with van der Waals surface area (Å²) in [6, 6.07) is 3.08. The maximum atomic E-state index is 13.4. The van der Waals surface area contributed by atoms with Crippen molar-refractivity contribution in [1.29, 1.82) is 0 Å². The second-order valence-electron chi connectivity index (χ2n) is 5.54. The summed E-state index contributed by atoms with van der Waals surface area (Å²) in [6.45, 7) is 0.448. The molecule has 0 bridgehead atoms. The summed E-state index contributed by atoms with van der Waals surface area (Å²) in [5, 5.41) is 8.16. The minimum atomic E-state index is -4.87. The molecule has 1 heterocycles. The highest BCUT2D eigenvalue weighted by molar-refractivity contribution is 9.10. The fourth-order valence-electron chi connectivity index (χ4n) is 2.34. The van der Waals surface area contributed by atoms with Crippen molar-refractivity contribution in [3.8, 4) is 5.75 Å². The molecule has 2 N–H and O–H groups in total. The molecular weight excluding hydrogens is 455 g/mol. The van der Waals surface area contributed by atoms with Gasteiger partial charge in [0.1, 0.15) is 5.75 Å². The van der Waals surface area contributed by atoms with Gasteiger partial charge in [-0.15, -0.1) is 0 Å². The van der Waals surface area contributed by atoms with Crippen molar-refractivity contribution in [3.05, 3.63) is 33.3 Å². The molecule has 0 saturated heterocycles. The number of hydrogen-bond donors (Lipinski definition) is 2. The first-order valence-corrected chi connectivity index (χ1v) is 8.51. The number of ether oxygens (including phenoxy) is 3. The molecule has 1 aromatic carbocycles. The Balaban J connectivity index is 2.12. The minimum Gasteiger partial charge on any atom is -0.475 e. The Bertz CT molecular complexity index is 782. The fourth-order valence-corrected chi connectivity index (χ4v) is 2.93. The zero-order chi connectivity index (χ0) is 20.9. The van der Waals surface area contributed by atoms with Crippen LogP contribution in [0.1, 0.15) is 17.5 Å². The van der Waals surface area contributed by atoms with Crippen LogP contribution in [0.15, 0.2) is 22.2 Å². The maximum absolute atomic E-state index is 13.4. The highest BCUT2D eigenvalue weighted by Gasteiger charge is 2.49. The number of esters is 2. The number of benzene rings is 1. The first-order valence-electron chi connectivity index (χ1n) is 7.72. The molecule has 0 amide bonds. The number of halogens is 4. The van der Waals surface area contributed by atoms with Crippen LogP contribution in [-0.4, -0.2) is 42.8 Å². The molecule has 0 aliphatic carbocycles. The predicted molar refractivity (Wildman–Crippen MR) is 89.9 cm³/mol. The van der Waals surface area contributed by atoms with E-state index in [1.807, 2.05) is 0 Å². The number of carbonyl (C=O) groups excluding carboxylic acids is 2. The number of carbonyl (C=O) groups is 2. The molecule has 12 heteroatoms. The first kappa shape index (κ1) is 22.1. The van der Waals surface area contributed by atoms with Crippen LogP contribution in [-0.2, 0) is 23.9 Å². The average Bonchev–Trinajstić information content (AvgIpc) is 2.59. The highest BCUT2D eigenvalue weighted by Crippen LogP contribution is 2.40. The third-order valence-corrected chi connectivity index (χ3v) is 3.97. The topological polar surface area (TPSA) is 103 Å². The Morgan fingerprint density at radius 3 is 2.68 bits per heavy atom. The van der Waals surface area contributed by atoms with Crippen molar-refractivity contribution in [1.82, 2.24) is 5.64 Å². The summed E-state index contributed by atoms with van der Waals surface area (Å²) >= 11 is 3.23. The molecule has 154 valence electrons. The van der Waals surface area contributed by atoms with Crippen molar-refractivity contribution < 1.29 is 47.0 Å². The van der Waals surface area contributed by atoms with Gasteiger partial charge in [0.2, 0.25) is 12.9 Å². The quantitative estimate of drug-likeness (QED) is 0.272. The SMILES string of the molecule is Cc1cc(Br)cc2c1OC(C(F)(F)F)C(C(=O)OCOC(=O)CCONO)=C2. The van der Waals surface area contributed by atoms with Gasteiger partial charge in [0.15, 0.2) is 0 Å². The van der Waals surface area contributed by atoms with E-state index in [-0.39, 0.29) is 24.3 Å². The number of fused-ring (bicyclic) bond motifs is 1. The molecule has 0 fully saturated rings. The second kappa shape index (κ2) is 9.37. The van der Waals surface area contributed by atoms with Gasteiger partial charge in [0.05, 0.1) is 18.6 Å². The Labute approximate surface area is 165 Å². The van der Waals surface area contributed by atoms with Gasteiger partial charge in [0, 0.05) is 10.0 Å². The zero-order valence-corrected chi connectivity index (χ0v) is 15.9. The van der Waals surface area contributed by atoms with Crippen molar-refractivity contribution in [3.63, 3.8) is 0 Å². The molecule has 0 aromatic heterocycles. The van der Waals surface area contributed by atoms with Crippen LogP contribution in [0.4, 0.5) is 13.2 Å². The van der Waals surface area contributed by atoms with Gasteiger partial charge in [-0.25, -0.2) is 4.79 Å². The number of hydrogen-bond acceptors (Lipinski definition) is 8. The van der Waals surface area contributed by atoms with Crippen molar-refractivity contribution in [2.75, 3.05) is 13.4 Å². The van der Waals surface area contributed by atoms with Gasteiger partial charge < -0.3 is 14.2 Å². The van der Waals surface area contributed by atoms with Gasteiger partial charge >= 0.3 is 18.1 Å². The molecule has 1 unspecified atom stereocenters. The number of rotatable bonds is 7. The predicted octanol–water partition coefficient (Wildman–Crippen LogP) is 2.81. The Hall–Kier alpha value is -2.15. The summed E-state index contributed by atoms with van der Waals surface area (Å²) in [4.78, 5) is 27.7. The third-order valence-electron chi connectivity index (χ3n) is 3.51. The minimum absolute atomic E-state index is 0.00555. The lowest BCUT2D eigenvalue weighted by atomic mass is 9.99. The summed E-state index contributed by atoms with van der Waals surface area (Å²) in [6.07, 6.45) is -6.65. The smallest absolute Gasteiger partial charge is 0.430 e. The lowest BCUT2D eigenvalue weighted by Gasteiger charge is -2.28. The van der Waals surface area contributed by atoms with Crippen molar-refractivity contribution in [2.45, 2.75) is 25.6 Å². The van der Waals surface area contributed by atoms with Gasteiger partial charge in [-0.05, 0) is 30.7 Å². The summed E-state index contributed by atoms with van der Waals surface area (Å²) in [7, 11) is 0. The van der Waals surface area contributed by atoms with Crippen molar-refractivity contribution in [2.24, 2.45) is 0 Å². The number of aryl methyl sites for hydroxylation is 1. The van der Waals surface area contributed by atoms with E-state index >= 15 is 0 Å². The Morgan fingerprint density at radius 2 is 2.04 bits per heavy atom. The van der Waals surface area contributed by atoms with E-state index < -0.39 is 36.6 Å². The van der Waals surface area contributed by atoms with E-state index in [4.69, 9.17) is 9.94 Å². The van der Waals surface area contributed by atoms with Crippen LogP contribution in [0.2, 0.25) is 0 Å². The van der Waals surface area contributed by atoms with E-state index in [9.17, 15) is 22.8 Å². The molecule has 0 saturated carbocycles. The lowest BCUT2D eigenvalue weighted by molar-refractivity contribution is -0.191. The van der Waals surface area contributed by atoms with E-state index in [1.54, 1.807) is 13.0 Å². The molecule has 1 aliphatic heterocycles. The summed E-state index contributed by atoms with van der Waals surface area (Å²) < 4.78 is 54.9. The molecule has 8 nitrogen and oxygen atoms in total. The molecule has 2 rings (SSSR count). The zero-order valence-electron chi connectivity index (χ0n) is 14.3. The number of nitrogens with one attached hydrogen (secondary N) is 1. The molecule has 28 heavy (non-hydrogen) atoms. The van der Waals surface area contributed by atoms with Crippen LogP contribution in [0.5, 0.6) is 5.75 Å². The van der Waals surface area contributed by atoms with Gasteiger partial charge in [-0.2, -0.15) is 13.2 Å². The van der Waals surface area contributed by atoms with Crippen LogP contribution in [0.3, 0.4) is 0 Å². The average molecular weight is 470 g/mol. The van der Waals surface area contributed by atoms with Gasteiger partial charge in [0.25, 0.3) is 0 Å². The summed E-state index contributed by atoms with van der Waals surface area (Å²) in [5.74, 6) is -2.19. The third kappa shape index (κ3) is 5.67.